The molecule has 0 unspecified atom stereocenters. The molecule has 1 amide bonds. The molecule has 0 radical (unpaired) electrons. The number of hydrogen-bond acceptors (Lipinski definition) is 6. The zero-order valence-corrected chi connectivity index (χ0v) is 17.0. The Kier molecular flexibility index (Phi) is 5.29. The van der Waals surface area contributed by atoms with E-state index >= 15 is 0 Å². The second-order valence-electron chi connectivity index (χ2n) is 7.54. The predicted octanol–water partition coefficient (Wildman–Crippen LogP) is 2.72. The molecule has 2 aromatic rings. The third-order valence-corrected chi connectivity index (χ3v) is 6.22. The number of rotatable bonds is 4. The lowest BCUT2D eigenvalue weighted by molar-refractivity contribution is -0.131. The van der Waals surface area contributed by atoms with Gasteiger partial charge >= 0.3 is 0 Å². The second-order valence-corrected chi connectivity index (χ2v) is 8.57. The fourth-order valence-corrected chi connectivity index (χ4v) is 4.57. The number of piperidine rings is 1. The lowest BCUT2D eigenvalue weighted by atomic mass is 10.0. The first kappa shape index (κ1) is 18.2. The minimum Gasteiger partial charge on any atom is -0.362 e. The average Bonchev–Trinajstić information content (AvgIpc) is 3.20. The van der Waals surface area contributed by atoms with Crippen molar-refractivity contribution in [3.05, 3.63) is 33.6 Å². The van der Waals surface area contributed by atoms with Crippen molar-refractivity contribution < 1.29 is 4.79 Å². The third-order valence-electron chi connectivity index (χ3n) is 5.35. The molecule has 4 rings (SSSR count). The number of hydrogen-bond donors (Lipinski definition) is 0. The largest absolute Gasteiger partial charge is 0.362 e. The van der Waals surface area contributed by atoms with Gasteiger partial charge in [0, 0.05) is 50.6 Å². The summed E-state index contributed by atoms with van der Waals surface area (Å²) >= 11 is 1.64. The highest BCUT2D eigenvalue weighted by atomic mass is 32.1. The second kappa shape index (κ2) is 7.84. The van der Waals surface area contributed by atoms with Crippen LogP contribution < -0.4 is 9.80 Å². The topological polar surface area (TPSA) is 52.6 Å². The first-order valence-corrected chi connectivity index (χ1v) is 10.6. The highest BCUT2D eigenvalue weighted by molar-refractivity contribution is 7.10. The van der Waals surface area contributed by atoms with Crippen LogP contribution in [0.3, 0.4) is 0 Å². The van der Waals surface area contributed by atoms with Crippen molar-refractivity contribution in [3.63, 3.8) is 0 Å². The molecule has 2 aliphatic rings. The van der Waals surface area contributed by atoms with Gasteiger partial charge in [-0.25, -0.2) is 4.98 Å². The summed E-state index contributed by atoms with van der Waals surface area (Å²) in [5.74, 6) is 2.00. The Morgan fingerprint density at radius 3 is 2.70 bits per heavy atom. The van der Waals surface area contributed by atoms with E-state index in [-0.39, 0.29) is 5.91 Å². The van der Waals surface area contributed by atoms with Gasteiger partial charge in [0.1, 0.15) is 5.82 Å². The minimum atomic E-state index is 0.188. The number of amides is 1. The fourth-order valence-electron chi connectivity index (χ4n) is 3.88. The van der Waals surface area contributed by atoms with Crippen LogP contribution in [0, 0.1) is 0 Å². The Morgan fingerprint density at radius 2 is 2.00 bits per heavy atom. The van der Waals surface area contributed by atoms with Crippen LogP contribution in [0.4, 0.5) is 11.8 Å². The van der Waals surface area contributed by atoms with Crippen LogP contribution in [0.2, 0.25) is 0 Å². The van der Waals surface area contributed by atoms with Gasteiger partial charge in [-0.15, -0.1) is 11.3 Å². The molecule has 144 valence electrons. The molecular formula is C20H27N5OS. The van der Waals surface area contributed by atoms with Crippen LogP contribution in [-0.4, -0.2) is 54.5 Å². The Hall–Kier alpha value is -2.15. The van der Waals surface area contributed by atoms with Crippen molar-refractivity contribution in [1.29, 1.82) is 0 Å². The van der Waals surface area contributed by atoms with Crippen molar-refractivity contribution in [2.24, 2.45) is 0 Å². The number of thiophene rings is 1. The highest BCUT2D eigenvalue weighted by Crippen LogP contribution is 2.29. The quantitative estimate of drug-likeness (QED) is 0.810. The Labute approximate surface area is 164 Å². The standard InChI is InChI=1S/C20H27N5OS/c1-23(2)19-16-14-25(18(26)13-15-7-6-12-27-15)11-8-17(16)21-20(22-19)24-9-4-3-5-10-24/h6-7,12H,3-5,8-11,13-14H2,1-2H3. The molecule has 0 atom stereocenters. The van der Waals surface area contributed by atoms with Gasteiger partial charge in [0.05, 0.1) is 18.7 Å². The first-order chi connectivity index (χ1) is 13.1. The molecule has 7 heteroatoms. The average molecular weight is 386 g/mol. The normalized spacial score (nSPS) is 17.0. The zero-order chi connectivity index (χ0) is 18.8. The van der Waals surface area contributed by atoms with Gasteiger partial charge < -0.3 is 14.7 Å². The van der Waals surface area contributed by atoms with Crippen molar-refractivity contribution in [2.45, 2.75) is 38.6 Å². The monoisotopic (exact) mass is 385 g/mol. The van der Waals surface area contributed by atoms with Crippen LogP contribution in [0.15, 0.2) is 17.5 Å². The van der Waals surface area contributed by atoms with Gasteiger partial charge in [0.25, 0.3) is 0 Å². The summed E-state index contributed by atoms with van der Waals surface area (Å²) in [6.45, 7) is 3.42. The third kappa shape index (κ3) is 3.93. The highest BCUT2D eigenvalue weighted by Gasteiger charge is 2.27. The molecule has 0 aromatic carbocycles. The molecule has 1 fully saturated rings. The molecule has 6 nitrogen and oxygen atoms in total. The molecular weight excluding hydrogens is 358 g/mol. The number of aromatic nitrogens is 2. The number of fused-ring (bicyclic) bond motifs is 1. The van der Waals surface area contributed by atoms with E-state index in [2.05, 4.69) is 9.80 Å². The van der Waals surface area contributed by atoms with E-state index in [1.165, 1.54) is 19.3 Å². The van der Waals surface area contributed by atoms with Crippen molar-refractivity contribution >= 4 is 29.0 Å². The smallest absolute Gasteiger partial charge is 0.228 e. The van der Waals surface area contributed by atoms with E-state index in [4.69, 9.17) is 9.97 Å². The van der Waals surface area contributed by atoms with E-state index in [1.54, 1.807) is 11.3 Å². The lowest BCUT2D eigenvalue weighted by Gasteiger charge is -2.33. The first-order valence-electron chi connectivity index (χ1n) is 9.74. The van der Waals surface area contributed by atoms with Gasteiger partial charge in [-0.2, -0.15) is 4.98 Å². The van der Waals surface area contributed by atoms with Gasteiger partial charge in [-0.05, 0) is 30.7 Å². The van der Waals surface area contributed by atoms with E-state index < -0.39 is 0 Å². The maximum Gasteiger partial charge on any atom is 0.228 e. The number of carbonyl (C=O) groups is 1. The molecule has 0 N–H and O–H groups in total. The maximum absolute atomic E-state index is 12.7. The van der Waals surface area contributed by atoms with Crippen LogP contribution in [0.25, 0.3) is 0 Å². The van der Waals surface area contributed by atoms with Gasteiger partial charge in [0.2, 0.25) is 11.9 Å². The summed E-state index contributed by atoms with van der Waals surface area (Å²) < 4.78 is 0. The van der Waals surface area contributed by atoms with Gasteiger partial charge in [0.15, 0.2) is 0 Å². The van der Waals surface area contributed by atoms with Crippen molar-refractivity contribution in [2.75, 3.05) is 43.5 Å². The Morgan fingerprint density at radius 1 is 1.19 bits per heavy atom. The minimum absolute atomic E-state index is 0.188. The molecule has 0 aliphatic carbocycles. The summed E-state index contributed by atoms with van der Waals surface area (Å²) in [6, 6.07) is 4.03. The van der Waals surface area contributed by atoms with E-state index in [0.29, 0.717) is 13.0 Å². The van der Waals surface area contributed by atoms with E-state index in [9.17, 15) is 4.79 Å². The SMILES string of the molecule is CN(C)c1nc(N2CCCCC2)nc2c1CN(C(=O)Cc1cccs1)CC2. The molecule has 4 heterocycles. The fraction of sp³-hybridized carbons (Fsp3) is 0.550. The van der Waals surface area contributed by atoms with Crippen molar-refractivity contribution in [1.82, 2.24) is 14.9 Å². The predicted molar refractivity (Wildman–Crippen MR) is 110 cm³/mol. The molecule has 0 saturated carbocycles. The molecule has 0 bridgehead atoms. The van der Waals surface area contributed by atoms with Crippen LogP contribution in [0.1, 0.15) is 35.4 Å². The van der Waals surface area contributed by atoms with Crippen LogP contribution in [0.5, 0.6) is 0 Å². The Bertz CT molecular complexity index is 799. The molecule has 0 spiro atoms. The molecule has 2 aromatic heterocycles. The summed E-state index contributed by atoms with van der Waals surface area (Å²) in [5.41, 5.74) is 2.21. The summed E-state index contributed by atoms with van der Waals surface area (Å²) in [5, 5.41) is 2.02. The lowest BCUT2D eigenvalue weighted by Crippen LogP contribution is -2.39. The van der Waals surface area contributed by atoms with Crippen LogP contribution >= 0.6 is 11.3 Å². The Balaban J connectivity index is 1.57. The maximum atomic E-state index is 12.7. The van der Waals surface area contributed by atoms with Crippen molar-refractivity contribution in [3.8, 4) is 0 Å². The molecule has 1 saturated heterocycles. The molecule has 2 aliphatic heterocycles. The van der Waals surface area contributed by atoms with E-state index in [0.717, 1.165) is 54.0 Å². The zero-order valence-electron chi connectivity index (χ0n) is 16.1. The summed E-state index contributed by atoms with van der Waals surface area (Å²) in [4.78, 5) is 30.0. The van der Waals surface area contributed by atoms with Gasteiger partial charge in [-0.3, -0.25) is 4.79 Å². The van der Waals surface area contributed by atoms with Crippen LogP contribution in [-0.2, 0) is 24.2 Å². The van der Waals surface area contributed by atoms with Gasteiger partial charge in [-0.1, -0.05) is 6.07 Å². The number of carbonyl (C=O) groups excluding carboxylic acids is 1. The number of anilines is 2. The summed E-state index contributed by atoms with van der Waals surface area (Å²) in [6.07, 6.45) is 5.00. The van der Waals surface area contributed by atoms with E-state index in [1.807, 2.05) is 36.5 Å². The number of nitrogens with zero attached hydrogens (tertiary/aromatic N) is 5. The molecule has 27 heavy (non-hydrogen) atoms. The summed E-state index contributed by atoms with van der Waals surface area (Å²) in [7, 11) is 4.05.